The van der Waals surface area contributed by atoms with E-state index < -0.39 is 11.4 Å². The highest BCUT2D eigenvalue weighted by Crippen LogP contribution is 2.35. The summed E-state index contributed by atoms with van der Waals surface area (Å²) in [5.41, 5.74) is -1.15. The average molecular weight is 222 g/mol. The van der Waals surface area contributed by atoms with Crippen molar-refractivity contribution in [2.75, 3.05) is 6.61 Å². The lowest BCUT2D eigenvalue weighted by molar-refractivity contribution is -0.154. The van der Waals surface area contributed by atoms with Crippen LogP contribution in [0.3, 0.4) is 0 Å². The van der Waals surface area contributed by atoms with E-state index in [2.05, 4.69) is 11.8 Å². The molecule has 0 aliphatic heterocycles. The lowest BCUT2D eigenvalue weighted by atomic mass is 9.86. The van der Waals surface area contributed by atoms with Crippen LogP contribution >= 0.6 is 0 Å². The van der Waals surface area contributed by atoms with E-state index in [1.807, 2.05) is 6.92 Å². The second-order valence-corrected chi connectivity index (χ2v) is 3.95. The minimum Gasteiger partial charge on any atom is -0.465 e. The van der Waals surface area contributed by atoms with Crippen LogP contribution in [0.25, 0.3) is 0 Å². The van der Waals surface area contributed by atoms with Gasteiger partial charge in [-0.15, -0.1) is 5.92 Å². The lowest BCUT2D eigenvalue weighted by Crippen LogP contribution is -2.35. The third kappa shape index (κ3) is 2.44. The molecule has 88 valence electrons. The first-order valence-electron chi connectivity index (χ1n) is 5.88. The topological polar surface area (TPSA) is 43.4 Å². The van der Waals surface area contributed by atoms with Crippen molar-refractivity contribution >= 4 is 11.8 Å². The van der Waals surface area contributed by atoms with E-state index in [4.69, 9.17) is 4.74 Å². The van der Waals surface area contributed by atoms with Crippen LogP contribution in [-0.2, 0) is 14.3 Å². The highest BCUT2D eigenvalue weighted by atomic mass is 16.5. The number of ketones is 1. The second kappa shape index (κ2) is 5.69. The van der Waals surface area contributed by atoms with Crippen LogP contribution in [0.1, 0.15) is 46.0 Å². The zero-order valence-corrected chi connectivity index (χ0v) is 9.97. The van der Waals surface area contributed by atoms with Crippen LogP contribution < -0.4 is 0 Å². The fraction of sp³-hybridized carbons (Fsp3) is 0.692. The largest absolute Gasteiger partial charge is 0.465 e. The number of ether oxygens (including phenoxy) is 1. The number of unbranched alkanes of at least 4 members (excludes halogenated alkanes) is 1. The first-order valence-corrected chi connectivity index (χ1v) is 5.88. The molecule has 0 aromatic rings. The van der Waals surface area contributed by atoms with Crippen LogP contribution in [0.2, 0.25) is 0 Å². The third-order valence-electron chi connectivity index (χ3n) is 2.73. The maximum absolute atomic E-state index is 11.8. The van der Waals surface area contributed by atoms with E-state index in [-0.39, 0.29) is 5.78 Å². The quantitative estimate of drug-likeness (QED) is 0.417. The summed E-state index contributed by atoms with van der Waals surface area (Å²) in [6.45, 7) is 4.05. The molecule has 1 rings (SSSR count). The predicted molar refractivity (Wildman–Crippen MR) is 60.6 cm³/mol. The Labute approximate surface area is 96.5 Å². The Morgan fingerprint density at radius 2 is 2.25 bits per heavy atom. The van der Waals surface area contributed by atoms with Gasteiger partial charge in [0.25, 0.3) is 0 Å². The van der Waals surface area contributed by atoms with E-state index >= 15 is 0 Å². The summed E-state index contributed by atoms with van der Waals surface area (Å²) in [6.07, 6.45) is 3.34. The SMILES string of the molecule is CCCC#CC1(C(=O)OCC)CCCC1=O. The van der Waals surface area contributed by atoms with Gasteiger partial charge in [-0.2, -0.15) is 0 Å². The molecule has 1 saturated carbocycles. The molecule has 16 heavy (non-hydrogen) atoms. The summed E-state index contributed by atoms with van der Waals surface area (Å²) in [4.78, 5) is 23.6. The fourth-order valence-electron chi connectivity index (χ4n) is 1.86. The van der Waals surface area contributed by atoms with Gasteiger partial charge in [-0.3, -0.25) is 4.79 Å². The molecule has 1 fully saturated rings. The normalized spacial score (nSPS) is 23.8. The number of rotatable bonds is 3. The molecule has 3 heteroatoms. The molecule has 0 aromatic carbocycles. The summed E-state index contributed by atoms with van der Waals surface area (Å²) in [7, 11) is 0. The molecule has 0 N–H and O–H groups in total. The van der Waals surface area contributed by atoms with E-state index in [9.17, 15) is 9.59 Å². The Hall–Kier alpha value is -1.30. The van der Waals surface area contributed by atoms with Crippen molar-refractivity contribution in [3.63, 3.8) is 0 Å². The van der Waals surface area contributed by atoms with Gasteiger partial charge in [0.2, 0.25) is 0 Å². The Kier molecular flexibility index (Phi) is 4.54. The number of Topliss-reactive ketones (excluding diaryl/α,β-unsaturated/α-hetero) is 1. The molecule has 0 aromatic heterocycles. The molecule has 0 radical (unpaired) electrons. The van der Waals surface area contributed by atoms with Gasteiger partial charge in [-0.1, -0.05) is 12.8 Å². The number of esters is 1. The van der Waals surface area contributed by atoms with Gasteiger partial charge < -0.3 is 4.74 Å². The molecule has 0 bridgehead atoms. The molecule has 0 amide bonds. The van der Waals surface area contributed by atoms with Crippen molar-refractivity contribution in [2.45, 2.75) is 46.0 Å². The maximum atomic E-state index is 11.8. The molecular weight excluding hydrogens is 204 g/mol. The van der Waals surface area contributed by atoms with Crippen molar-refractivity contribution in [3.8, 4) is 11.8 Å². The molecule has 0 saturated heterocycles. The Morgan fingerprint density at radius 1 is 1.50 bits per heavy atom. The molecule has 0 heterocycles. The monoisotopic (exact) mass is 222 g/mol. The summed E-state index contributed by atoms with van der Waals surface area (Å²) in [5, 5.41) is 0. The van der Waals surface area contributed by atoms with Crippen molar-refractivity contribution in [2.24, 2.45) is 5.41 Å². The minimum absolute atomic E-state index is 0.0745. The molecular formula is C13H18O3. The first kappa shape index (κ1) is 12.8. The predicted octanol–water partition coefficient (Wildman–Crippen LogP) is 2.09. The van der Waals surface area contributed by atoms with E-state index in [1.54, 1.807) is 6.92 Å². The van der Waals surface area contributed by atoms with Crippen LogP contribution in [0, 0.1) is 17.3 Å². The smallest absolute Gasteiger partial charge is 0.331 e. The van der Waals surface area contributed by atoms with Crippen LogP contribution in [0.5, 0.6) is 0 Å². The van der Waals surface area contributed by atoms with Crippen molar-refractivity contribution in [1.82, 2.24) is 0 Å². The van der Waals surface area contributed by atoms with Gasteiger partial charge >= 0.3 is 5.97 Å². The lowest BCUT2D eigenvalue weighted by Gasteiger charge is -2.18. The van der Waals surface area contributed by atoms with Crippen LogP contribution in [0.15, 0.2) is 0 Å². The zero-order chi connectivity index (χ0) is 12.0. The molecule has 0 spiro atoms. The second-order valence-electron chi connectivity index (χ2n) is 3.95. The van der Waals surface area contributed by atoms with E-state index in [0.29, 0.717) is 25.9 Å². The zero-order valence-electron chi connectivity index (χ0n) is 9.97. The Morgan fingerprint density at radius 3 is 2.75 bits per heavy atom. The van der Waals surface area contributed by atoms with E-state index in [0.717, 1.165) is 12.8 Å². The number of hydrogen-bond acceptors (Lipinski definition) is 3. The summed E-state index contributed by atoms with van der Waals surface area (Å²) < 4.78 is 4.97. The fourth-order valence-corrected chi connectivity index (χ4v) is 1.86. The van der Waals surface area contributed by atoms with Crippen molar-refractivity contribution in [3.05, 3.63) is 0 Å². The van der Waals surface area contributed by atoms with Crippen molar-refractivity contribution < 1.29 is 14.3 Å². The summed E-state index contributed by atoms with van der Waals surface area (Å²) in [5.74, 6) is 5.24. The number of hydrogen-bond donors (Lipinski definition) is 0. The average Bonchev–Trinajstić information content (AvgIpc) is 2.62. The van der Waals surface area contributed by atoms with Crippen molar-refractivity contribution in [1.29, 1.82) is 0 Å². The minimum atomic E-state index is -1.15. The molecule has 1 unspecified atom stereocenters. The highest BCUT2D eigenvalue weighted by molar-refractivity contribution is 6.08. The van der Waals surface area contributed by atoms with Gasteiger partial charge in [0.1, 0.15) is 0 Å². The van der Waals surface area contributed by atoms with Crippen LogP contribution in [-0.4, -0.2) is 18.4 Å². The first-order chi connectivity index (χ1) is 7.67. The van der Waals surface area contributed by atoms with Crippen LogP contribution in [0.4, 0.5) is 0 Å². The molecule has 1 aliphatic carbocycles. The van der Waals surface area contributed by atoms with Gasteiger partial charge in [0.05, 0.1) is 6.61 Å². The van der Waals surface area contributed by atoms with Gasteiger partial charge in [-0.05, 0) is 26.2 Å². The highest BCUT2D eigenvalue weighted by Gasteiger charge is 2.48. The Balaban J connectivity index is 2.90. The standard InChI is InChI=1S/C13H18O3/c1-3-5-6-9-13(12(15)16-4-2)10-7-8-11(13)14/h3-5,7-8,10H2,1-2H3. The number of carbonyl (C=O) groups excluding carboxylic acids is 2. The molecule has 1 aliphatic rings. The third-order valence-corrected chi connectivity index (χ3v) is 2.73. The van der Waals surface area contributed by atoms with Gasteiger partial charge in [0, 0.05) is 12.8 Å². The summed E-state index contributed by atoms with van der Waals surface area (Å²) in [6, 6.07) is 0. The van der Waals surface area contributed by atoms with Gasteiger partial charge in [-0.25, -0.2) is 4.79 Å². The summed E-state index contributed by atoms with van der Waals surface area (Å²) >= 11 is 0. The molecule has 1 atom stereocenters. The number of carbonyl (C=O) groups is 2. The Bertz CT molecular complexity index is 335. The maximum Gasteiger partial charge on any atom is 0.331 e. The van der Waals surface area contributed by atoms with E-state index in [1.165, 1.54) is 0 Å². The van der Waals surface area contributed by atoms with Gasteiger partial charge in [0.15, 0.2) is 11.2 Å². The molecule has 3 nitrogen and oxygen atoms in total.